The first kappa shape index (κ1) is 13.2. The summed E-state index contributed by atoms with van der Waals surface area (Å²) in [5.74, 6) is 1.45. The van der Waals surface area contributed by atoms with Crippen molar-refractivity contribution in [1.82, 2.24) is 0 Å². The van der Waals surface area contributed by atoms with Crippen LogP contribution in [0.5, 0.6) is 0 Å². The Balaban J connectivity index is 1.77. The molecule has 0 radical (unpaired) electrons. The molecule has 0 aliphatic heterocycles. The molecule has 1 N–H and O–H groups in total. The smallest absolute Gasteiger partial charge is 0.234 e. The van der Waals surface area contributed by atoms with Gasteiger partial charge in [0.05, 0.1) is 5.75 Å². The first-order chi connectivity index (χ1) is 8.75. The lowest BCUT2D eigenvalue weighted by molar-refractivity contribution is -0.113. The maximum atomic E-state index is 11.8. The lowest BCUT2D eigenvalue weighted by Gasteiger charge is -2.07. The van der Waals surface area contributed by atoms with E-state index in [1.807, 2.05) is 37.3 Å². The van der Waals surface area contributed by atoms with Crippen LogP contribution in [0.3, 0.4) is 0 Å². The van der Waals surface area contributed by atoms with E-state index in [-0.39, 0.29) is 5.91 Å². The van der Waals surface area contributed by atoms with E-state index >= 15 is 0 Å². The summed E-state index contributed by atoms with van der Waals surface area (Å²) in [6, 6.07) is 12.0. The lowest BCUT2D eigenvalue weighted by atomic mass is 10.2. The molecular formula is C14H15NOS2. The van der Waals surface area contributed by atoms with Crippen molar-refractivity contribution in [3.05, 3.63) is 52.2 Å². The number of benzene rings is 1. The Morgan fingerprint density at radius 2 is 2.11 bits per heavy atom. The minimum atomic E-state index is 0.0610. The number of carbonyl (C=O) groups excluding carboxylic acids is 1. The molecule has 0 spiro atoms. The second-order valence-corrected chi connectivity index (χ2v) is 5.95. The maximum Gasteiger partial charge on any atom is 0.234 e. The number of aryl methyl sites for hydroxylation is 1. The lowest BCUT2D eigenvalue weighted by Crippen LogP contribution is -2.14. The number of thioether (sulfide) groups is 1. The van der Waals surface area contributed by atoms with Crippen LogP contribution in [0.2, 0.25) is 0 Å². The number of hydrogen-bond acceptors (Lipinski definition) is 3. The van der Waals surface area contributed by atoms with E-state index < -0.39 is 0 Å². The first-order valence-electron chi connectivity index (χ1n) is 5.71. The molecule has 0 saturated heterocycles. The largest absolute Gasteiger partial charge is 0.325 e. The average molecular weight is 277 g/mol. The highest BCUT2D eigenvalue weighted by molar-refractivity contribution is 7.99. The Morgan fingerprint density at radius 1 is 1.28 bits per heavy atom. The summed E-state index contributed by atoms with van der Waals surface area (Å²) in [5.41, 5.74) is 1.99. The summed E-state index contributed by atoms with van der Waals surface area (Å²) in [4.78, 5) is 13.1. The molecule has 94 valence electrons. The molecule has 2 rings (SSSR count). The SMILES string of the molecule is Cc1ccccc1NC(=O)CSCc1cccs1. The fraction of sp³-hybridized carbons (Fsp3) is 0.214. The maximum absolute atomic E-state index is 11.8. The minimum Gasteiger partial charge on any atom is -0.325 e. The molecule has 0 fully saturated rings. The van der Waals surface area contributed by atoms with Gasteiger partial charge in [0.15, 0.2) is 0 Å². The fourth-order valence-electron chi connectivity index (χ4n) is 1.54. The van der Waals surface area contributed by atoms with Crippen molar-refractivity contribution in [3.63, 3.8) is 0 Å². The van der Waals surface area contributed by atoms with Gasteiger partial charge in [-0.2, -0.15) is 0 Å². The highest BCUT2D eigenvalue weighted by atomic mass is 32.2. The molecule has 1 amide bonds. The Hall–Kier alpha value is -1.26. The second kappa shape index (κ2) is 6.61. The number of amides is 1. The predicted octanol–water partition coefficient (Wildman–Crippen LogP) is 3.93. The van der Waals surface area contributed by atoms with Crippen LogP contribution in [0.15, 0.2) is 41.8 Å². The molecule has 1 aromatic carbocycles. The van der Waals surface area contributed by atoms with Crippen molar-refractivity contribution in [3.8, 4) is 0 Å². The zero-order valence-electron chi connectivity index (χ0n) is 10.2. The van der Waals surface area contributed by atoms with Crippen LogP contribution >= 0.6 is 23.1 Å². The average Bonchev–Trinajstić information content (AvgIpc) is 2.85. The molecular weight excluding hydrogens is 262 g/mol. The van der Waals surface area contributed by atoms with Crippen molar-refractivity contribution in [2.45, 2.75) is 12.7 Å². The number of carbonyl (C=O) groups is 1. The molecule has 0 aliphatic carbocycles. The monoisotopic (exact) mass is 277 g/mol. The van der Waals surface area contributed by atoms with E-state index in [1.54, 1.807) is 23.1 Å². The Morgan fingerprint density at radius 3 is 2.83 bits per heavy atom. The summed E-state index contributed by atoms with van der Waals surface area (Å²) in [6.45, 7) is 1.99. The third-order valence-electron chi connectivity index (χ3n) is 2.48. The van der Waals surface area contributed by atoms with Crippen LogP contribution in [0.1, 0.15) is 10.4 Å². The van der Waals surface area contributed by atoms with Crippen LogP contribution in [0.4, 0.5) is 5.69 Å². The van der Waals surface area contributed by atoms with Crippen LogP contribution in [-0.4, -0.2) is 11.7 Å². The Bertz CT molecular complexity index is 508. The number of thiophene rings is 1. The van der Waals surface area contributed by atoms with Crippen molar-refractivity contribution in [1.29, 1.82) is 0 Å². The van der Waals surface area contributed by atoms with Crippen molar-refractivity contribution < 1.29 is 4.79 Å². The van der Waals surface area contributed by atoms with E-state index in [0.29, 0.717) is 5.75 Å². The summed E-state index contributed by atoms with van der Waals surface area (Å²) in [6.07, 6.45) is 0. The highest BCUT2D eigenvalue weighted by Crippen LogP contribution is 2.18. The summed E-state index contributed by atoms with van der Waals surface area (Å²) >= 11 is 3.37. The van der Waals surface area contributed by atoms with Crippen LogP contribution < -0.4 is 5.32 Å². The van der Waals surface area contributed by atoms with Crippen LogP contribution in [0, 0.1) is 6.92 Å². The summed E-state index contributed by atoms with van der Waals surface area (Å²) in [7, 11) is 0. The van der Waals surface area contributed by atoms with E-state index in [4.69, 9.17) is 0 Å². The van der Waals surface area contributed by atoms with Gasteiger partial charge in [-0.1, -0.05) is 24.3 Å². The van der Waals surface area contributed by atoms with E-state index in [9.17, 15) is 4.79 Å². The zero-order valence-corrected chi connectivity index (χ0v) is 11.8. The topological polar surface area (TPSA) is 29.1 Å². The molecule has 0 saturated carbocycles. The van der Waals surface area contributed by atoms with Crippen molar-refractivity contribution in [2.24, 2.45) is 0 Å². The molecule has 0 atom stereocenters. The number of rotatable bonds is 5. The van der Waals surface area contributed by atoms with Gasteiger partial charge in [-0.15, -0.1) is 23.1 Å². The standard InChI is InChI=1S/C14H15NOS2/c1-11-5-2-3-7-13(11)15-14(16)10-17-9-12-6-4-8-18-12/h2-8H,9-10H2,1H3,(H,15,16). The third-order valence-corrected chi connectivity index (χ3v) is 4.52. The molecule has 0 bridgehead atoms. The van der Waals surface area contributed by atoms with Gasteiger partial charge in [0.1, 0.15) is 0 Å². The zero-order chi connectivity index (χ0) is 12.8. The van der Waals surface area contributed by atoms with Crippen LogP contribution in [-0.2, 0) is 10.5 Å². The Labute approximate surface area is 115 Å². The fourth-order valence-corrected chi connectivity index (χ4v) is 3.21. The van der Waals surface area contributed by atoms with Gasteiger partial charge in [0.2, 0.25) is 5.91 Å². The second-order valence-electron chi connectivity index (χ2n) is 3.94. The molecule has 0 aliphatic rings. The van der Waals surface area contributed by atoms with Gasteiger partial charge in [0, 0.05) is 16.3 Å². The molecule has 1 aromatic heterocycles. The van der Waals surface area contributed by atoms with E-state index in [2.05, 4.69) is 16.8 Å². The minimum absolute atomic E-state index is 0.0610. The number of nitrogens with one attached hydrogen (secondary N) is 1. The van der Waals surface area contributed by atoms with Gasteiger partial charge in [0.25, 0.3) is 0 Å². The third kappa shape index (κ3) is 3.89. The van der Waals surface area contributed by atoms with Crippen molar-refractivity contribution >= 4 is 34.7 Å². The van der Waals surface area contributed by atoms with Gasteiger partial charge in [-0.05, 0) is 30.0 Å². The summed E-state index contributed by atoms with van der Waals surface area (Å²) in [5, 5.41) is 4.99. The molecule has 2 nitrogen and oxygen atoms in total. The molecule has 4 heteroatoms. The molecule has 18 heavy (non-hydrogen) atoms. The van der Waals surface area contributed by atoms with Gasteiger partial charge in [-0.25, -0.2) is 0 Å². The van der Waals surface area contributed by atoms with Crippen LogP contribution in [0.25, 0.3) is 0 Å². The number of para-hydroxylation sites is 1. The Kier molecular flexibility index (Phi) is 4.84. The molecule has 1 heterocycles. The normalized spacial score (nSPS) is 10.3. The van der Waals surface area contributed by atoms with Gasteiger partial charge < -0.3 is 5.32 Å². The quantitative estimate of drug-likeness (QED) is 0.897. The molecule has 2 aromatic rings. The first-order valence-corrected chi connectivity index (χ1v) is 7.75. The summed E-state index contributed by atoms with van der Waals surface area (Å²) < 4.78 is 0. The number of anilines is 1. The van der Waals surface area contributed by atoms with Gasteiger partial charge in [-0.3, -0.25) is 4.79 Å². The van der Waals surface area contributed by atoms with Gasteiger partial charge >= 0.3 is 0 Å². The predicted molar refractivity (Wildman–Crippen MR) is 80.3 cm³/mol. The number of hydrogen-bond donors (Lipinski definition) is 1. The van der Waals surface area contributed by atoms with E-state index in [1.165, 1.54) is 4.88 Å². The molecule has 0 unspecified atom stereocenters. The highest BCUT2D eigenvalue weighted by Gasteiger charge is 2.04. The van der Waals surface area contributed by atoms with E-state index in [0.717, 1.165) is 17.0 Å². The van der Waals surface area contributed by atoms with Crippen molar-refractivity contribution in [2.75, 3.05) is 11.1 Å².